The summed E-state index contributed by atoms with van der Waals surface area (Å²) in [7, 11) is 0. The van der Waals surface area contributed by atoms with Crippen LogP contribution in [0.25, 0.3) is 5.65 Å². The highest BCUT2D eigenvalue weighted by Gasteiger charge is 2.53. The van der Waals surface area contributed by atoms with Gasteiger partial charge in [-0.1, -0.05) is 5.16 Å². The van der Waals surface area contributed by atoms with E-state index < -0.39 is 48.2 Å². The number of carbonyl (C=O) groups is 3. The first-order valence-corrected chi connectivity index (χ1v) is 12.9. The summed E-state index contributed by atoms with van der Waals surface area (Å²) in [6.45, 7) is -1.07. The predicted octanol–water partition coefficient (Wildman–Crippen LogP) is -1.96. The number of fused-ring (bicyclic) bond motifs is 2. The van der Waals surface area contributed by atoms with Crippen molar-refractivity contribution >= 4 is 63.4 Å². The fourth-order valence-electron chi connectivity index (χ4n) is 4.15. The molecule has 0 aliphatic carbocycles. The SMILES string of the molecule is Nc1nc(/C(=N/OCCF)C(=O)N[C@@H]2C(=O)N3C(C(=O)[O-])=C(C[n+]4ccn5c(N)cccc54)CS[C@H]23)ns1. The Kier molecular flexibility index (Phi) is 6.85. The van der Waals surface area contributed by atoms with Crippen molar-refractivity contribution in [1.82, 2.24) is 24.0 Å². The maximum absolute atomic E-state index is 13.1. The molecule has 0 aromatic carbocycles. The van der Waals surface area contributed by atoms with Crippen molar-refractivity contribution in [3.63, 3.8) is 0 Å². The number of aromatic nitrogens is 4. The van der Waals surface area contributed by atoms with Gasteiger partial charge in [-0.15, -0.1) is 11.8 Å². The summed E-state index contributed by atoms with van der Waals surface area (Å²) in [4.78, 5) is 47.9. The number of hydrogen-bond acceptors (Lipinski definition) is 12. The number of imidazole rings is 1. The molecule has 0 spiro atoms. The van der Waals surface area contributed by atoms with Gasteiger partial charge < -0.3 is 31.5 Å². The second-order valence-electron chi connectivity index (χ2n) is 8.12. The van der Waals surface area contributed by atoms with Crippen LogP contribution in [0.1, 0.15) is 5.82 Å². The molecule has 0 radical (unpaired) electrons. The van der Waals surface area contributed by atoms with Crippen LogP contribution in [-0.2, 0) is 25.8 Å². The number of nitrogens with two attached hydrogens (primary N) is 2. The molecule has 0 saturated carbocycles. The van der Waals surface area contributed by atoms with Crippen LogP contribution in [0.2, 0.25) is 0 Å². The molecule has 38 heavy (non-hydrogen) atoms. The molecule has 5 heterocycles. The number of halogens is 1. The summed E-state index contributed by atoms with van der Waals surface area (Å²) in [5.74, 6) is -2.38. The molecule has 3 aromatic heterocycles. The van der Waals surface area contributed by atoms with Crippen molar-refractivity contribution in [1.29, 1.82) is 0 Å². The van der Waals surface area contributed by atoms with Gasteiger partial charge in [-0.3, -0.25) is 14.5 Å². The summed E-state index contributed by atoms with van der Waals surface area (Å²) < 4.78 is 19.9. The zero-order valence-electron chi connectivity index (χ0n) is 19.4. The van der Waals surface area contributed by atoms with Gasteiger partial charge in [0.2, 0.25) is 11.5 Å². The molecule has 5 N–H and O–H groups in total. The smallest absolute Gasteiger partial charge is 0.288 e. The van der Waals surface area contributed by atoms with Crippen LogP contribution in [0.4, 0.5) is 15.3 Å². The summed E-state index contributed by atoms with van der Waals surface area (Å²) in [6.07, 6.45) is 3.51. The highest BCUT2D eigenvalue weighted by molar-refractivity contribution is 8.00. The number of aliphatic carboxylic acids is 1. The molecular weight excluding hydrogens is 541 g/mol. The van der Waals surface area contributed by atoms with Crippen molar-refractivity contribution in [2.75, 3.05) is 30.5 Å². The molecule has 2 aliphatic heterocycles. The van der Waals surface area contributed by atoms with E-state index in [0.717, 1.165) is 22.1 Å². The Balaban J connectivity index is 1.36. The number of pyridine rings is 1. The number of nitrogen functional groups attached to an aromatic ring is 2. The standard InChI is InChI=1S/C21H20FN9O5S2/c22-4-7-36-27-13(16-26-21(24)38-28-16)17(32)25-14-18(33)31-15(20(34)35)10(9-37-19(14)31)8-29-5-6-30-11(23)2-1-3-12(29)30/h1-3,5-6,14,19,23H,4,7-9H2,(H4,24,25,26,28,32,34,35)/b27-13-/t14-,19-/m1/s1. The van der Waals surface area contributed by atoms with Crippen molar-refractivity contribution in [3.05, 3.63) is 47.7 Å². The Labute approximate surface area is 221 Å². The zero-order valence-corrected chi connectivity index (χ0v) is 21.1. The van der Waals surface area contributed by atoms with E-state index >= 15 is 0 Å². The Bertz CT molecular complexity index is 1500. The molecule has 1 saturated heterocycles. The number of carbonyl (C=O) groups excluding carboxylic acids is 3. The van der Waals surface area contributed by atoms with E-state index in [1.165, 1.54) is 11.8 Å². The Morgan fingerprint density at radius 1 is 1.37 bits per heavy atom. The number of alkyl halides is 1. The minimum absolute atomic E-state index is 0.0625. The molecule has 198 valence electrons. The molecule has 1 fully saturated rings. The maximum atomic E-state index is 13.1. The van der Waals surface area contributed by atoms with E-state index in [4.69, 9.17) is 16.3 Å². The first kappa shape index (κ1) is 25.4. The van der Waals surface area contributed by atoms with Gasteiger partial charge in [0.05, 0.1) is 11.7 Å². The number of anilines is 2. The monoisotopic (exact) mass is 561 g/mol. The average Bonchev–Trinajstić information content (AvgIpc) is 3.51. The third kappa shape index (κ3) is 4.49. The summed E-state index contributed by atoms with van der Waals surface area (Å²) in [5.41, 5.74) is 12.1. The Morgan fingerprint density at radius 2 is 2.18 bits per heavy atom. The van der Waals surface area contributed by atoms with Gasteiger partial charge in [-0.2, -0.15) is 13.8 Å². The summed E-state index contributed by atoms with van der Waals surface area (Å²) in [6, 6.07) is 4.28. The van der Waals surface area contributed by atoms with Crippen LogP contribution >= 0.6 is 23.3 Å². The van der Waals surface area contributed by atoms with E-state index in [9.17, 15) is 23.9 Å². The summed E-state index contributed by atoms with van der Waals surface area (Å²) >= 11 is 2.10. The zero-order chi connectivity index (χ0) is 27.0. The van der Waals surface area contributed by atoms with Gasteiger partial charge in [-0.25, -0.2) is 8.96 Å². The number of hydrogen-bond donors (Lipinski definition) is 3. The molecule has 0 unspecified atom stereocenters. The molecule has 0 bridgehead atoms. The van der Waals surface area contributed by atoms with E-state index in [1.807, 2.05) is 10.6 Å². The van der Waals surface area contributed by atoms with Gasteiger partial charge in [0.1, 0.15) is 43.6 Å². The van der Waals surface area contributed by atoms with E-state index in [1.54, 1.807) is 28.9 Å². The minimum atomic E-state index is -1.50. The topological polar surface area (TPSA) is 197 Å². The number of oxime groups is 1. The third-order valence-electron chi connectivity index (χ3n) is 5.81. The first-order chi connectivity index (χ1) is 18.3. The number of nitrogens with one attached hydrogen (secondary N) is 1. The van der Waals surface area contributed by atoms with Gasteiger partial charge in [0.15, 0.2) is 10.9 Å². The second kappa shape index (κ2) is 10.3. The van der Waals surface area contributed by atoms with Crippen LogP contribution in [0, 0.1) is 0 Å². The number of carboxylic acids is 1. The number of nitrogens with zero attached hydrogens (tertiary/aromatic N) is 6. The number of amides is 2. The maximum Gasteiger partial charge on any atom is 0.288 e. The van der Waals surface area contributed by atoms with Gasteiger partial charge >= 0.3 is 0 Å². The highest BCUT2D eigenvalue weighted by Crippen LogP contribution is 2.40. The third-order valence-corrected chi connectivity index (χ3v) is 7.69. The molecular formula is C21H20FN9O5S2. The predicted molar refractivity (Wildman–Crippen MR) is 132 cm³/mol. The van der Waals surface area contributed by atoms with E-state index in [2.05, 4.69) is 19.8 Å². The molecule has 3 aromatic rings. The molecule has 2 amide bonds. The molecule has 17 heteroatoms. The highest BCUT2D eigenvalue weighted by atomic mass is 32.2. The van der Waals surface area contributed by atoms with Crippen LogP contribution in [0.15, 0.2) is 47.0 Å². The van der Waals surface area contributed by atoms with E-state index in [-0.39, 0.29) is 29.0 Å². The Hall–Kier alpha value is -4.25. The van der Waals surface area contributed by atoms with Crippen molar-refractivity contribution < 1.29 is 33.3 Å². The summed E-state index contributed by atoms with van der Waals surface area (Å²) in [5, 5.41) is 17.6. The van der Waals surface area contributed by atoms with Gasteiger partial charge in [-0.05, 0) is 6.07 Å². The largest absolute Gasteiger partial charge is 0.543 e. The number of rotatable bonds is 9. The van der Waals surface area contributed by atoms with Crippen molar-refractivity contribution in [3.8, 4) is 0 Å². The molecule has 2 atom stereocenters. The van der Waals surface area contributed by atoms with Crippen LogP contribution < -0.4 is 26.5 Å². The molecule has 14 nitrogen and oxygen atoms in total. The number of thioether (sulfide) groups is 1. The van der Waals surface area contributed by atoms with E-state index in [0.29, 0.717) is 11.4 Å². The van der Waals surface area contributed by atoms with Gasteiger partial charge in [0.25, 0.3) is 17.5 Å². The van der Waals surface area contributed by atoms with Crippen LogP contribution in [0.3, 0.4) is 0 Å². The average molecular weight is 562 g/mol. The number of carboxylic acid groups (broad SMARTS) is 1. The molecule has 5 rings (SSSR count). The van der Waals surface area contributed by atoms with Crippen molar-refractivity contribution in [2.45, 2.75) is 18.0 Å². The number of β-lactam (4-membered cyclic amide) rings is 1. The normalized spacial score (nSPS) is 19.3. The lowest BCUT2D eigenvalue weighted by Gasteiger charge is -2.50. The Morgan fingerprint density at radius 3 is 2.89 bits per heavy atom. The molecule has 2 aliphatic rings. The second-order valence-corrected chi connectivity index (χ2v) is 10.0. The lowest BCUT2D eigenvalue weighted by Crippen LogP contribution is -2.71. The lowest BCUT2D eigenvalue weighted by atomic mass is 10.0. The first-order valence-electron chi connectivity index (χ1n) is 11.1. The lowest BCUT2D eigenvalue weighted by molar-refractivity contribution is -0.662. The van der Waals surface area contributed by atoms with Crippen LogP contribution in [0.5, 0.6) is 0 Å². The van der Waals surface area contributed by atoms with Crippen molar-refractivity contribution in [2.24, 2.45) is 5.16 Å². The quantitative estimate of drug-likeness (QED) is 0.0867. The van der Waals surface area contributed by atoms with Crippen LogP contribution in [-0.4, -0.2) is 72.6 Å². The fourth-order valence-corrected chi connectivity index (χ4v) is 5.92. The van der Waals surface area contributed by atoms with Gasteiger partial charge in [0, 0.05) is 35.0 Å². The fraction of sp³-hybridized carbons (Fsp3) is 0.286. The minimum Gasteiger partial charge on any atom is -0.543 e.